The Balaban J connectivity index is 2.16. The molecule has 19 heavy (non-hydrogen) atoms. The van der Waals surface area contributed by atoms with Crippen LogP contribution in [0.25, 0.3) is 0 Å². The third kappa shape index (κ3) is 1.79. The lowest BCUT2D eigenvalue weighted by Gasteiger charge is -2.35. The number of nitrogens with one attached hydrogen (secondary N) is 4. The fraction of sp³-hybridized carbons (Fsp3) is 0.182. The van der Waals surface area contributed by atoms with E-state index in [1.54, 1.807) is 18.3 Å². The van der Waals surface area contributed by atoms with Crippen molar-refractivity contribution in [3.8, 4) is 0 Å². The summed E-state index contributed by atoms with van der Waals surface area (Å²) in [7, 11) is 0. The Hall–Kier alpha value is -1.64. The highest BCUT2D eigenvalue weighted by Gasteiger charge is 2.35. The van der Waals surface area contributed by atoms with Gasteiger partial charge in [-0.2, -0.15) is 0 Å². The van der Waals surface area contributed by atoms with E-state index in [0.29, 0.717) is 27.4 Å². The topological polar surface area (TPSA) is 111 Å². The highest BCUT2D eigenvalue weighted by atomic mass is 35.5. The minimum atomic E-state index is -1.04. The van der Waals surface area contributed by atoms with Gasteiger partial charge >= 0.3 is 0 Å². The number of hydrazine groups is 2. The predicted octanol–water partition coefficient (Wildman–Crippen LogP) is -0.280. The monoisotopic (exact) mass is 281 g/mol. The van der Waals surface area contributed by atoms with Gasteiger partial charge in [0.15, 0.2) is 0 Å². The quantitative estimate of drug-likeness (QED) is 0.253. The van der Waals surface area contributed by atoms with Crippen LogP contribution < -0.4 is 27.4 Å². The molecule has 100 valence electrons. The highest BCUT2D eigenvalue weighted by molar-refractivity contribution is 6.33. The van der Waals surface area contributed by atoms with Crippen molar-refractivity contribution < 1.29 is 9.90 Å². The third-order valence-electron chi connectivity index (χ3n) is 3.25. The van der Waals surface area contributed by atoms with Gasteiger partial charge in [-0.1, -0.05) is 11.6 Å². The lowest BCUT2D eigenvalue weighted by molar-refractivity contribution is 0.0902. The number of rotatable bonds is 2. The number of halogens is 1. The summed E-state index contributed by atoms with van der Waals surface area (Å²) in [6.07, 6.45) is 0.567. The van der Waals surface area contributed by atoms with Crippen LogP contribution in [-0.4, -0.2) is 17.2 Å². The smallest absolute Gasteiger partial charge is 0.265 e. The summed E-state index contributed by atoms with van der Waals surface area (Å²) in [5.74, 6) is 5.00. The van der Waals surface area contributed by atoms with Gasteiger partial charge in [0.1, 0.15) is 6.23 Å². The van der Waals surface area contributed by atoms with Crippen molar-refractivity contribution in [3.05, 3.63) is 40.1 Å². The number of carbonyl (C=O) groups excluding carboxylic acids is 1. The molecule has 1 aromatic rings. The minimum absolute atomic E-state index is 0.248. The molecule has 7 nitrogen and oxygen atoms in total. The zero-order valence-electron chi connectivity index (χ0n) is 9.70. The van der Waals surface area contributed by atoms with Crippen molar-refractivity contribution in [3.63, 3.8) is 0 Å². The van der Waals surface area contributed by atoms with Crippen molar-refractivity contribution in [1.82, 2.24) is 16.3 Å². The molecular formula is C11H12ClN5O2. The van der Waals surface area contributed by atoms with Crippen LogP contribution in [0, 0.1) is 0 Å². The molecule has 0 saturated heterocycles. The van der Waals surface area contributed by atoms with Crippen LogP contribution in [0.3, 0.4) is 0 Å². The molecule has 0 aliphatic carbocycles. The predicted molar refractivity (Wildman–Crippen MR) is 69.8 cm³/mol. The maximum atomic E-state index is 11.8. The van der Waals surface area contributed by atoms with E-state index in [4.69, 9.17) is 17.4 Å². The maximum Gasteiger partial charge on any atom is 0.265 e. The number of amides is 1. The van der Waals surface area contributed by atoms with E-state index in [1.807, 2.05) is 0 Å². The van der Waals surface area contributed by atoms with Crippen LogP contribution in [0.4, 0.5) is 5.69 Å². The summed E-state index contributed by atoms with van der Waals surface area (Å²) in [6.45, 7) is 0. The third-order valence-corrected chi connectivity index (χ3v) is 3.56. The van der Waals surface area contributed by atoms with Crippen LogP contribution in [0.5, 0.6) is 0 Å². The van der Waals surface area contributed by atoms with Crippen LogP contribution in [0.15, 0.2) is 23.9 Å². The second-order valence-electron chi connectivity index (χ2n) is 4.27. The molecule has 0 spiro atoms. The number of benzene rings is 1. The highest BCUT2D eigenvalue weighted by Crippen LogP contribution is 2.41. The van der Waals surface area contributed by atoms with Crippen molar-refractivity contribution in [1.29, 1.82) is 0 Å². The molecule has 2 atom stereocenters. The molecule has 1 aromatic carbocycles. The summed E-state index contributed by atoms with van der Waals surface area (Å²) < 4.78 is 0. The van der Waals surface area contributed by atoms with Gasteiger partial charge in [0.25, 0.3) is 5.91 Å². The molecule has 3 rings (SSSR count). The molecule has 2 heterocycles. The molecule has 7 N–H and O–H groups in total. The van der Waals surface area contributed by atoms with Crippen molar-refractivity contribution >= 4 is 23.2 Å². The molecule has 0 fully saturated rings. The first-order valence-electron chi connectivity index (χ1n) is 5.62. The number of hydrogen-bond donors (Lipinski definition) is 6. The molecule has 0 aromatic heterocycles. The van der Waals surface area contributed by atoms with Crippen LogP contribution in [0.2, 0.25) is 5.02 Å². The van der Waals surface area contributed by atoms with Crippen LogP contribution in [-0.2, 0) is 0 Å². The Bertz CT molecular complexity index is 589. The SMILES string of the molecule is NNC(O)C1=CNc2c(Cl)ccc3c2C1NNC3=O. The fourth-order valence-corrected chi connectivity index (χ4v) is 2.56. The molecule has 2 aliphatic heterocycles. The number of nitrogens with two attached hydrogens (primary N) is 1. The van der Waals surface area contributed by atoms with Gasteiger partial charge in [0.05, 0.1) is 16.8 Å². The first kappa shape index (κ1) is 12.4. The molecule has 0 radical (unpaired) electrons. The Kier molecular flexibility index (Phi) is 2.92. The molecule has 2 aliphatic rings. The van der Waals surface area contributed by atoms with Crippen LogP contribution in [0.1, 0.15) is 22.0 Å². The fourth-order valence-electron chi connectivity index (χ4n) is 2.34. The number of aliphatic hydroxyl groups is 1. The second kappa shape index (κ2) is 4.48. The van der Waals surface area contributed by atoms with Gasteiger partial charge in [0, 0.05) is 22.9 Å². The van der Waals surface area contributed by atoms with Gasteiger partial charge in [-0.25, -0.2) is 10.9 Å². The van der Waals surface area contributed by atoms with E-state index in [9.17, 15) is 9.90 Å². The first-order chi connectivity index (χ1) is 9.13. The number of carbonyl (C=O) groups is 1. The minimum Gasteiger partial charge on any atom is -0.373 e. The van der Waals surface area contributed by atoms with Crippen molar-refractivity contribution in [2.45, 2.75) is 12.3 Å². The lowest BCUT2D eigenvalue weighted by atomic mass is 9.89. The van der Waals surface area contributed by atoms with Gasteiger partial charge in [0.2, 0.25) is 0 Å². The summed E-state index contributed by atoms with van der Waals surface area (Å²) in [5.41, 5.74) is 10.1. The molecular weight excluding hydrogens is 270 g/mol. The zero-order valence-corrected chi connectivity index (χ0v) is 10.5. The number of anilines is 1. The number of aliphatic hydroxyl groups excluding tert-OH is 1. The zero-order chi connectivity index (χ0) is 13.6. The Labute approximate surface area is 113 Å². The van der Waals surface area contributed by atoms with E-state index in [1.165, 1.54) is 0 Å². The summed E-state index contributed by atoms with van der Waals surface area (Å²) in [6, 6.07) is 2.91. The Morgan fingerprint density at radius 1 is 1.47 bits per heavy atom. The summed E-state index contributed by atoms with van der Waals surface area (Å²) >= 11 is 6.12. The van der Waals surface area contributed by atoms with Gasteiger partial charge in [-0.15, -0.1) is 0 Å². The Morgan fingerprint density at radius 3 is 3.00 bits per heavy atom. The first-order valence-corrected chi connectivity index (χ1v) is 6.00. The maximum absolute atomic E-state index is 11.8. The van der Waals surface area contributed by atoms with Gasteiger partial charge in [-0.3, -0.25) is 16.1 Å². The number of hydrogen-bond acceptors (Lipinski definition) is 6. The average Bonchev–Trinajstić information content (AvgIpc) is 2.43. The summed E-state index contributed by atoms with van der Waals surface area (Å²) in [4.78, 5) is 11.8. The standard InChI is InChI=1S/C11H12ClN5O2/c12-6-2-1-4-7-8(16-17-11(4)19)5(10(18)15-13)3-14-9(6)7/h1-3,8,10,14-16,18H,13H2,(H,17,19). The molecule has 1 amide bonds. The second-order valence-corrected chi connectivity index (χ2v) is 4.68. The van der Waals surface area contributed by atoms with Crippen LogP contribution >= 0.6 is 11.6 Å². The molecule has 8 heteroatoms. The Morgan fingerprint density at radius 2 is 2.26 bits per heavy atom. The summed E-state index contributed by atoms with van der Waals surface area (Å²) in [5, 5.41) is 13.3. The average molecular weight is 282 g/mol. The van der Waals surface area contributed by atoms with E-state index in [0.717, 1.165) is 0 Å². The van der Waals surface area contributed by atoms with E-state index in [-0.39, 0.29) is 5.91 Å². The van der Waals surface area contributed by atoms with E-state index < -0.39 is 12.3 Å². The van der Waals surface area contributed by atoms with Crippen molar-refractivity contribution in [2.75, 3.05) is 5.32 Å². The normalized spacial score (nSPS) is 21.9. The molecule has 2 unspecified atom stereocenters. The molecule has 0 saturated carbocycles. The lowest BCUT2D eigenvalue weighted by Crippen LogP contribution is -2.50. The van der Waals surface area contributed by atoms with Gasteiger partial charge in [-0.05, 0) is 12.1 Å². The van der Waals surface area contributed by atoms with E-state index in [2.05, 4.69) is 21.6 Å². The van der Waals surface area contributed by atoms with Crippen molar-refractivity contribution in [2.24, 2.45) is 5.84 Å². The van der Waals surface area contributed by atoms with E-state index >= 15 is 0 Å². The van der Waals surface area contributed by atoms with Gasteiger partial charge < -0.3 is 10.4 Å². The largest absolute Gasteiger partial charge is 0.373 e. The molecule has 0 bridgehead atoms.